The largest absolute Gasteiger partial charge is 0.324 e. The van der Waals surface area contributed by atoms with E-state index in [-0.39, 0.29) is 9.79 Å². The number of sulfonamides is 2. The third-order valence-corrected chi connectivity index (χ3v) is 7.90. The minimum Gasteiger partial charge on any atom is -0.324 e. The first-order chi connectivity index (χ1) is 15.7. The quantitative estimate of drug-likeness (QED) is 0.368. The Balaban J connectivity index is 1.60. The van der Waals surface area contributed by atoms with E-state index in [1.807, 2.05) is 18.2 Å². The Morgan fingerprint density at radius 1 is 0.697 bits per heavy atom. The van der Waals surface area contributed by atoms with Gasteiger partial charge in [0.15, 0.2) is 0 Å². The predicted molar refractivity (Wildman–Crippen MR) is 127 cm³/mol. The molecule has 170 valence electrons. The first kappa shape index (κ1) is 22.8. The molecule has 0 spiro atoms. The molecule has 0 aliphatic rings. The van der Waals surface area contributed by atoms with Gasteiger partial charge in [0.25, 0.3) is 0 Å². The number of nitrogens with one attached hydrogen (secondary N) is 3. The lowest BCUT2D eigenvalue weighted by molar-refractivity contribution is 0.586. The van der Waals surface area contributed by atoms with E-state index in [1.54, 1.807) is 42.6 Å². The maximum Gasteiger partial charge on any atom is 0.240 e. The standard InChI is InChI=1S/C22H21N5O4S2/c1-23-32(28,29)19-9-5-15(6-10-19)16-3-4-17-14-25-22(27-21(17)13-16)26-18-7-11-20(12-8-18)33(30,31)24-2/h3-14,23-24H,1-2H3,(H,25,26,27). The Bertz CT molecular complexity index is 1520. The first-order valence-electron chi connectivity index (χ1n) is 9.83. The zero-order chi connectivity index (χ0) is 23.6. The predicted octanol–water partition coefficient (Wildman–Crippen LogP) is 2.86. The van der Waals surface area contributed by atoms with Crippen LogP contribution < -0.4 is 14.8 Å². The van der Waals surface area contributed by atoms with Gasteiger partial charge >= 0.3 is 0 Å². The highest BCUT2D eigenvalue weighted by molar-refractivity contribution is 7.89. The van der Waals surface area contributed by atoms with Crippen molar-refractivity contribution >= 4 is 42.6 Å². The molecule has 0 saturated carbocycles. The molecule has 0 amide bonds. The van der Waals surface area contributed by atoms with Crippen LogP contribution in [0.15, 0.2) is 82.7 Å². The Labute approximate surface area is 192 Å². The molecule has 4 aromatic rings. The third-order valence-electron chi connectivity index (χ3n) is 5.04. The van der Waals surface area contributed by atoms with Gasteiger partial charge in [-0.15, -0.1) is 0 Å². The lowest BCUT2D eigenvalue weighted by Gasteiger charge is -2.09. The van der Waals surface area contributed by atoms with Gasteiger partial charge in [-0.2, -0.15) is 0 Å². The summed E-state index contributed by atoms with van der Waals surface area (Å²) in [6.07, 6.45) is 1.69. The summed E-state index contributed by atoms with van der Waals surface area (Å²) in [6, 6.07) is 18.5. The zero-order valence-corrected chi connectivity index (χ0v) is 19.4. The van der Waals surface area contributed by atoms with E-state index >= 15 is 0 Å². The fraction of sp³-hybridized carbons (Fsp3) is 0.0909. The summed E-state index contributed by atoms with van der Waals surface area (Å²) in [5.41, 5.74) is 3.07. The monoisotopic (exact) mass is 483 g/mol. The number of hydrogen-bond donors (Lipinski definition) is 3. The highest BCUT2D eigenvalue weighted by Gasteiger charge is 2.12. The summed E-state index contributed by atoms with van der Waals surface area (Å²) in [5.74, 6) is 0.360. The van der Waals surface area contributed by atoms with Crippen LogP contribution in [-0.2, 0) is 20.0 Å². The normalized spacial score (nSPS) is 12.1. The number of anilines is 2. The molecule has 0 unspecified atom stereocenters. The second-order valence-electron chi connectivity index (χ2n) is 7.06. The maximum atomic E-state index is 11.9. The Hall–Kier alpha value is -3.38. The minimum atomic E-state index is -3.51. The molecule has 0 aliphatic carbocycles. The SMILES string of the molecule is CNS(=O)(=O)c1ccc(Nc2ncc3ccc(-c4ccc(S(=O)(=O)NC)cc4)cc3n2)cc1. The number of nitrogens with zero attached hydrogens (tertiary/aromatic N) is 2. The van der Waals surface area contributed by atoms with Gasteiger partial charge in [0.1, 0.15) is 0 Å². The molecule has 11 heteroatoms. The van der Waals surface area contributed by atoms with Gasteiger partial charge in [-0.3, -0.25) is 0 Å². The van der Waals surface area contributed by atoms with Crippen LogP contribution in [0.25, 0.3) is 22.0 Å². The molecule has 1 heterocycles. The first-order valence-corrected chi connectivity index (χ1v) is 12.8. The van der Waals surface area contributed by atoms with E-state index in [4.69, 9.17) is 0 Å². The van der Waals surface area contributed by atoms with Crippen molar-refractivity contribution in [2.24, 2.45) is 0 Å². The average molecular weight is 484 g/mol. The number of aromatic nitrogens is 2. The molecular formula is C22H21N5O4S2. The molecule has 3 aromatic carbocycles. The van der Waals surface area contributed by atoms with Crippen molar-refractivity contribution in [3.8, 4) is 11.1 Å². The summed E-state index contributed by atoms with van der Waals surface area (Å²) in [4.78, 5) is 9.22. The van der Waals surface area contributed by atoms with Crippen molar-refractivity contribution in [3.63, 3.8) is 0 Å². The van der Waals surface area contributed by atoms with Crippen LogP contribution in [0, 0.1) is 0 Å². The van der Waals surface area contributed by atoms with Crippen molar-refractivity contribution in [1.82, 2.24) is 19.4 Å². The van der Waals surface area contributed by atoms with Crippen molar-refractivity contribution in [2.45, 2.75) is 9.79 Å². The van der Waals surface area contributed by atoms with Crippen LogP contribution in [0.5, 0.6) is 0 Å². The van der Waals surface area contributed by atoms with Gasteiger partial charge in [0.2, 0.25) is 26.0 Å². The van der Waals surface area contributed by atoms with Gasteiger partial charge in [-0.05, 0) is 67.7 Å². The molecule has 3 N–H and O–H groups in total. The molecule has 33 heavy (non-hydrogen) atoms. The fourth-order valence-electron chi connectivity index (χ4n) is 3.17. The van der Waals surface area contributed by atoms with Crippen LogP contribution in [-0.4, -0.2) is 40.9 Å². The summed E-state index contributed by atoms with van der Waals surface area (Å²) in [5, 5.41) is 3.91. The minimum absolute atomic E-state index is 0.160. The van der Waals surface area contributed by atoms with Gasteiger partial charge in [0, 0.05) is 17.3 Å². The van der Waals surface area contributed by atoms with Crippen LogP contribution in [0.1, 0.15) is 0 Å². The van der Waals surface area contributed by atoms with E-state index < -0.39 is 20.0 Å². The molecule has 0 radical (unpaired) electrons. The van der Waals surface area contributed by atoms with Crippen molar-refractivity contribution in [2.75, 3.05) is 19.4 Å². The van der Waals surface area contributed by atoms with Crippen molar-refractivity contribution in [3.05, 3.63) is 72.9 Å². The van der Waals surface area contributed by atoms with E-state index in [9.17, 15) is 16.8 Å². The molecule has 0 atom stereocenters. The highest BCUT2D eigenvalue weighted by Crippen LogP contribution is 2.26. The van der Waals surface area contributed by atoms with Gasteiger partial charge in [-0.25, -0.2) is 36.2 Å². The van der Waals surface area contributed by atoms with Crippen LogP contribution in [0.2, 0.25) is 0 Å². The number of rotatable bonds is 7. The van der Waals surface area contributed by atoms with E-state index in [0.29, 0.717) is 17.2 Å². The number of benzene rings is 3. The maximum absolute atomic E-state index is 11.9. The summed E-state index contributed by atoms with van der Waals surface area (Å²) < 4.78 is 52.1. The zero-order valence-electron chi connectivity index (χ0n) is 17.8. The molecular weight excluding hydrogens is 462 g/mol. The van der Waals surface area contributed by atoms with Crippen molar-refractivity contribution in [1.29, 1.82) is 0 Å². The Morgan fingerprint density at radius 3 is 1.82 bits per heavy atom. The van der Waals surface area contributed by atoms with Crippen LogP contribution >= 0.6 is 0 Å². The van der Waals surface area contributed by atoms with Crippen LogP contribution in [0.3, 0.4) is 0 Å². The van der Waals surface area contributed by atoms with Crippen LogP contribution in [0.4, 0.5) is 11.6 Å². The average Bonchev–Trinajstić information content (AvgIpc) is 2.84. The molecule has 9 nitrogen and oxygen atoms in total. The molecule has 0 aliphatic heterocycles. The molecule has 0 saturated heterocycles. The summed E-state index contributed by atoms with van der Waals surface area (Å²) >= 11 is 0. The van der Waals surface area contributed by atoms with E-state index in [0.717, 1.165) is 16.5 Å². The second kappa shape index (κ2) is 8.87. The third kappa shape index (κ3) is 4.86. The molecule has 0 fully saturated rings. The molecule has 0 bridgehead atoms. The Morgan fingerprint density at radius 2 is 1.24 bits per heavy atom. The summed E-state index contributed by atoms with van der Waals surface area (Å²) in [6.45, 7) is 0. The molecule has 1 aromatic heterocycles. The second-order valence-corrected chi connectivity index (χ2v) is 10.8. The smallest absolute Gasteiger partial charge is 0.240 e. The lowest BCUT2D eigenvalue weighted by Crippen LogP contribution is -2.18. The number of fused-ring (bicyclic) bond motifs is 1. The topological polar surface area (TPSA) is 130 Å². The van der Waals surface area contributed by atoms with Crippen molar-refractivity contribution < 1.29 is 16.8 Å². The van der Waals surface area contributed by atoms with E-state index in [2.05, 4.69) is 24.7 Å². The lowest BCUT2D eigenvalue weighted by atomic mass is 10.0. The van der Waals surface area contributed by atoms with Gasteiger partial charge in [0.05, 0.1) is 15.3 Å². The van der Waals surface area contributed by atoms with Gasteiger partial charge in [-0.1, -0.05) is 24.3 Å². The number of hydrogen-bond acceptors (Lipinski definition) is 7. The van der Waals surface area contributed by atoms with Gasteiger partial charge < -0.3 is 5.32 Å². The van der Waals surface area contributed by atoms with E-state index in [1.165, 1.54) is 26.2 Å². The fourth-order valence-corrected chi connectivity index (χ4v) is 4.63. The highest BCUT2D eigenvalue weighted by atomic mass is 32.2. The summed E-state index contributed by atoms with van der Waals surface area (Å²) in [7, 11) is -4.27. The Kier molecular flexibility index (Phi) is 6.13. The molecule has 4 rings (SSSR count).